The zero-order valence-corrected chi connectivity index (χ0v) is 13.4. The summed E-state index contributed by atoms with van der Waals surface area (Å²) in [7, 11) is -3.79. The minimum Gasteiger partial charge on any atom is -0.446 e. The second kappa shape index (κ2) is 6.51. The van der Waals surface area contributed by atoms with E-state index in [1.165, 1.54) is 6.07 Å². The van der Waals surface area contributed by atoms with Gasteiger partial charge < -0.3 is 9.73 Å². The Kier molecular flexibility index (Phi) is 4.92. The van der Waals surface area contributed by atoms with Crippen molar-refractivity contribution in [2.45, 2.75) is 25.5 Å². The highest BCUT2D eigenvalue weighted by Crippen LogP contribution is 2.26. The van der Waals surface area contributed by atoms with Gasteiger partial charge in [0.25, 0.3) is 10.0 Å². The van der Waals surface area contributed by atoms with E-state index in [9.17, 15) is 8.42 Å². The van der Waals surface area contributed by atoms with Gasteiger partial charge in [-0.25, -0.2) is 0 Å². The third-order valence-electron chi connectivity index (χ3n) is 2.82. The van der Waals surface area contributed by atoms with Crippen LogP contribution in [-0.4, -0.2) is 15.0 Å². The molecule has 0 aliphatic heterocycles. The predicted molar refractivity (Wildman–Crippen MR) is 83.1 cm³/mol. The largest absolute Gasteiger partial charge is 0.446 e. The van der Waals surface area contributed by atoms with E-state index in [2.05, 4.69) is 10.0 Å². The molecule has 0 saturated carbocycles. The zero-order chi connectivity index (χ0) is 15.5. The fourth-order valence-electron chi connectivity index (χ4n) is 1.76. The number of hydrogen-bond donors (Lipinski definition) is 2. The molecule has 1 heterocycles. The van der Waals surface area contributed by atoms with Gasteiger partial charge >= 0.3 is 0 Å². The molecule has 0 fully saturated rings. The van der Waals surface area contributed by atoms with E-state index in [1.807, 2.05) is 19.9 Å². The number of furan rings is 1. The van der Waals surface area contributed by atoms with Crippen LogP contribution in [0.15, 0.2) is 39.8 Å². The topological polar surface area (TPSA) is 71.3 Å². The minimum absolute atomic E-state index is 0.132. The first-order valence-electron chi connectivity index (χ1n) is 6.51. The zero-order valence-electron chi connectivity index (χ0n) is 11.8. The lowest BCUT2D eigenvalue weighted by Crippen LogP contribution is -2.13. The first kappa shape index (κ1) is 15.9. The van der Waals surface area contributed by atoms with Gasteiger partial charge in [-0.05, 0) is 43.3 Å². The van der Waals surface area contributed by atoms with Gasteiger partial charge in [0.2, 0.25) is 5.09 Å². The van der Waals surface area contributed by atoms with Crippen LogP contribution >= 0.6 is 11.6 Å². The molecule has 2 aromatic rings. The molecule has 7 heteroatoms. The Morgan fingerprint density at radius 3 is 2.71 bits per heavy atom. The Morgan fingerprint density at radius 2 is 2.00 bits per heavy atom. The molecule has 0 aliphatic carbocycles. The quantitative estimate of drug-likeness (QED) is 0.854. The van der Waals surface area contributed by atoms with Crippen LogP contribution < -0.4 is 10.0 Å². The van der Waals surface area contributed by atoms with Crippen molar-refractivity contribution >= 4 is 27.3 Å². The smallest absolute Gasteiger partial charge is 0.295 e. The van der Waals surface area contributed by atoms with Gasteiger partial charge in [-0.2, -0.15) is 8.42 Å². The maximum Gasteiger partial charge on any atom is 0.295 e. The molecule has 0 unspecified atom stereocenters. The molecule has 0 bridgehead atoms. The van der Waals surface area contributed by atoms with E-state index in [1.54, 1.807) is 18.2 Å². The number of aryl methyl sites for hydroxylation is 1. The first-order valence-corrected chi connectivity index (χ1v) is 8.37. The van der Waals surface area contributed by atoms with Crippen molar-refractivity contribution in [2.24, 2.45) is 0 Å². The van der Waals surface area contributed by atoms with Crippen molar-refractivity contribution in [3.05, 3.63) is 46.7 Å². The molecule has 114 valence electrons. The number of hydrogen-bond acceptors (Lipinski definition) is 4. The van der Waals surface area contributed by atoms with Gasteiger partial charge in [-0.1, -0.05) is 24.6 Å². The van der Waals surface area contributed by atoms with E-state index < -0.39 is 10.0 Å². The summed E-state index contributed by atoms with van der Waals surface area (Å²) in [6, 6.07) is 8.19. The van der Waals surface area contributed by atoms with Crippen LogP contribution in [0.3, 0.4) is 0 Å². The van der Waals surface area contributed by atoms with E-state index in [-0.39, 0.29) is 5.09 Å². The van der Waals surface area contributed by atoms with Crippen molar-refractivity contribution in [3.63, 3.8) is 0 Å². The molecule has 0 aliphatic rings. The van der Waals surface area contributed by atoms with Gasteiger partial charge in [-0.15, -0.1) is 0 Å². The van der Waals surface area contributed by atoms with E-state index in [4.69, 9.17) is 16.0 Å². The molecule has 1 aromatic heterocycles. The van der Waals surface area contributed by atoms with Gasteiger partial charge in [0.1, 0.15) is 5.76 Å². The number of anilines is 1. The number of benzene rings is 1. The summed E-state index contributed by atoms with van der Waals surface area (Å²) >= 11 is 6.00. The van der Waals surface area contributed by atoms with E-state index >= 15 is 0 Å². The van der Waals surface area contributed by atoms with Gasteiger partial charge in [0.05, 0.1) is 17.3 Å². The molecule has 2 rings (SSSR count). The van der Waals surface area contributed by atoms with Crippen molar-refractivity contribution in [1.29, 1.82) is 0 Å². The number of rotatable bonds is 6. The molecule has 0 saturated heterocycles. The van der Waals surface area contributed by atoms with E-state index in [0.717, 1.165) is 12.1 Å². The Hall–Kier alpha value is -1.50. The predicted octanol–water partition coefficient (Wildman–Crippen LogP) is 3.15. The Labute approximate surface area is 129 Å². The highest BCUT2D eigenvalue weighted by atomic mass is 35.5. The van der Waals surface area contributed by atoms with Crippen LogP contribution in [0.1, 0.15) is 18.2 Å². The first-order chi connectivity index (χ1) is 9.92. The average molecular weight is 329 g/mol. The molecular weight excluding hydrogens is 312 g/mol. The fourth-order valence-corrected chi connectivity index (χ4v) is 3.00. The van der Waals surface area contributed by atoms with Crippen LogP contribution in [-0.2, 0) is 16.6 Å². The van der Waals surface area contributed by atoms with Crippen molar-refractivity contribution < 1.29 is 12.8 Å². The van der Waals surface area contributed by atoms with Crippen LogP contribution in [0.4, 0.5) is 5.69 Å². The fraction of sp³-hybridized carbons (Fsp3) is 0.286. The molecular formula is C14H17ClN2O3S. The summed E-state index contributed by atoms with van der Waals surface area (Å²) < 4.78 is 32.3. The molecule has 5 nitrogen and oxygen atoms in total. The number of halogens is 1. The van der Waals surface area contributed by atoms with Crippen LogP contribution in [0, 0.1) is 6.92 Å². The molecule has 0 spiro atoms. The monoisotopic (exact) mass is 328 g/mol. The summed E-state index contributed by atoms with van der Waals surface area (Å²) in [5, 5.41) is 3.27. The van der Waals surface area contributed by atoms with Crippen LogP contribution in [0.2, 0.25) is 5.02 Å². The Bertz CT molecular complexity index is 726. The van der Waals surface area contributed by atoms with Gasteiger partial charge in [0.15, 0.2) is 0 Å². The molecule has 21 heavy (non-hydrogen) atoms. The Morgan fingerprint density at radius 1 is 1.24 bits per heavy atom. The van der Waals surface area contributed by atoms with E-state index in [0.29, 0.717) is 23.0 Å². The normalized spacial score (nSPS) is 11.6. The summed E-state index contributed by atoms with van der Waals surface area (Å²) in [6.07, 6.45) is 0. The number of sulfonamides is 1. The van der Waals surface area contributed by atoms with Gasteiger partial charge in [-0.3, -0.25) is 4.72 Å². The molecule has 0 amide bonds. The second-order valence-corrected chi connectivity index (χ2v) is 6.61. The lowest BCUT2D eigenvalue weighted by Gasteiger charge is -2.08. The van der Waals surface area contributed by atoms with Crippen molar-refractivity contribution in [1.82, 2.24) is 5.32 Å². The summed E-state index contributed by atoms with van der Waals surface area (Å²) in [5.41, 5.74) is 1.24. The summed E-state index contributed by atoms with van der Waals surface area (Å²) in [4.78, 5) is 0. The molecule has 1 aromatic carbocycles. The maximum atomic E-state index is 12.3. The average Bonchev–Trinajstić information content (AvgIpc) is 2.90. The second-order valence-electron chi connectivity index (χ2n) is 4.59. The number of nitrogens with one attached hydrogen (secondary N) is 2. The molecule has 0 atom stereocenters. The van der Waals surface area contributed by atoms with Gasteiger partial charge in [0, 0.05) is 0 Å². The lowest BCUT2D eigenvalue weighted by molar-refractivity contribution is 0.405. The Balaban J connectivity index is 2.22. The standard InChI is InChI=1S/C14H17ClN2O3S/c1-3-16-9-11-5-7-14(20-11)21(18,19)17-13-8-10(2)4-6-12(13)15/h4-8,16-17H,3,9H2,1-2H3. The minimum atomic E-state index is -3.79. The lowest BCUT2D eigenvalue weighted by atomic mass is 10.2. The van der Waals surface area contributed by atoms with Crippen LogP contribution in [0.25, 0.3) is 0 Å². The summed E-state index contributed by atoms with van der Waals surface area (Å²) in [6.45, 7) is 5.08. The maximum absolute atomic E-state index is 12.3. The third-order valence-corrected chi connectivity index (χ3v) is 4.38. The molecule has 0 radical (unpaired) electrons. The van der Waals surface area contributed by atoms with Crippen molar-refractivity contribution in [3.8, 4) is 0 Å². The third kappa shape index (κ3) is 4.00. The highest BCUT2D eigenvalue weighted by molar-refractivity contribution is 7.92. The SMILES string of the molecule is CCNCc1ccc(S(=O)(=O)Nc2cc(C)ccc2Cl)o1. The summed E-state index contributed by atoms with van der Waals surface area (Å²) in [5.74, 6) is 0.563. The molecule has 2 N–H and O–H groups in total. The van der Waals surface area contributed by atoms with Crippen LogP contribution in [0.5, 0.6) is 0 Å². The highest BCUT2D eigenvalue weighted by Gasteiger charge is 2.20. The van der Waals surface area contributed by atoms with Crippen molar-refractivity contribution in [2.75, 3.05) is 11.3 Å².